The Morgan fingerprint density at radius 1 is 0.897 bits per heavy atom. The predicted octanol–water partition coefficient (Wildman–Crippen LogP) is 5.09. The maximum Gasteiger partial charge on any atom is 0.312 e. The third-order valence-electron chi connectivity index (χ3n) is 5.27. The van der Waals surface area contributed by atoms with Crippen LogP contribution in [-0.4, -0.2) is 10.5 Å². The molecule has 0 amide bonds. The Labute approximate surface area is 171 Å². The van der Waals surface area contributed by atoms with Gasteiger partial charge in [0.2, 0.25) is 0 Å². The molecule has 1 atom stereocenters. The highest BCUT2D eigenvalue weighted by molar-refractivity contribution is 6.30. The minimum absolute atomic E-state index is 0.0930. The van der Waals surface area contributed by atoms with E-state index in [-0.39, 0.29) is 17.9 Å². The molecule has 142 valence electrons. The highest BCUT2D eigenvalue weighted by Crippen LogP contribution is 2.41. The lowest BCUT2D eigenvalue weighted by Gasteiger charge is -2.27. The van der Waals surface area contributed by atoms with Gasteiger partial charge in [0, 0.05) is 22.0 Å². The molecule has 0 saturated heterocycles. The highest BCUT2D eigenvalue weighted by Gasteiger charge is 2.34. The second-order valence-electron chi connectivity index (χ2n) is 7.02. The van der Waals surface area contributed by atoms with Crippen molar-refractivity contribution in [3.05, 3.63) is 105 Å². The Morgan fingerprint density at radius 3 is 2.45 bits per heavy atom. The molecule has 1 aromatic heterocycles. The zero-order chi connectivity index (χ0) is 20.0. The zero-order valence-corrected chi connectivity index (χ0v) is 16.1. The van der Waals surface area contributed by atoms with Crippen LogP contribution in [-0.2, 0) is 4.79 Å². The maximum absolute atomic E-state index is 13.7. The Morgan fingerprint density at radius 2 is 1.66 bits per heavy atom. The molecule has 1 unspecified atom stereocenters. The molecule has 0 fully saturated rings. The molecule has 0 aliphatic carbocycles. The lowest BCUT2D eigenvalue weighted by molar-refractivity contribution is -0.135. The molecule has 5 rings (SSSR count). The molecule has 2 heterocycles. The minimum atomic E-state index is -0.419. The average molecular weight is 402 g/mol. The molecule has 4 nitrogen and oxygen atoms in total. The Hall–Kier alpha value is -3.37. The first kappa shape index (κ1) is 17.7. The molecule has 0 radical (unpaired) electrons. The molecule has 0 N–H and O–H groups in total. The molecule has 0 bridgehead atoms. The Bertz CT molecular complexity index is 1310. The average Bonchev–Trinajstić information content (AvgIpc) is 2.74. The van der Waals surface area contributed by atoms with E-state index in [0.717, 1.165) is 16.6 Å². The number of rotatable bonds is 2. The van der Waals surface area contributed by atoms with Gasteiger partial charge in [0.05, 0.1) is 17.5 Å². The summed E-state index contributed by atoms with van der Waals surface area (Å²) in [4.78, 5) is 26.2. The van der Waals surface area contributed by atoms with Crippen molar-refractivity contribution in [3.8, 4) is 11.4 Å². The number of carbonyl (C=O) groups excluding carboxylic acids is 1. The van der Waals surface area contributed by atoms with Crippen molar-refractivity contribution < 1.29 is 9.53 Å². The predicted molar refractivity (Wildman–Crippen MR) is 113 cm³/mol. The van der Waals surface area contributed by atoms with Gasteiger partial charge in [-0.25, -0.2) is 0 Å². The van der Waals surface area contributed by atoms with Gasteiger partial charge in [-0.15, -0.1) is 0 Å². The quantitative estimate of drug-likeness (QED) is 0.440. The number of carbonyl (C=O) groups is 1. The second kappa shape index (κ2) is 6.90. The van der Waals surface area contributed by atoms with Gasteiger partial charge in [-0.1, -0.05) is 54.1 Å². The van der Waals surface area contributed by atoms with Gasteiger partial charge in [-0.05, 0) is 42.0 Å². The highest BCUT2D eigenvalue weighted by atomic mass is 35.5. The summed E-state index contributed by atoms with van der Waals surface area (Å²) in [7, 11) is 0. The molecule has 4 aromatic rings. The monoisotopic (exact) mass is 401 g/mol. The second-order valence-corrected chi connectivity index (χ2v) is 7.46. The fourth-order valence-corrected chi connectivity index (χ4v) is 4.21. The van der Waals surface area contributed by atoms with Crippen molar-refractivity contribution in [2.75, 3.05) is 0 Å². The first-order chi connectivity index (χ1) is 14.1. The van der Waals surface area contributed by atoms with Crippen molar-refractivity contribution in [2.24, 2.45) is 0 Å². The van der Waals surface area contributed by atoms with E-state index in [2.05, 4.69) is 0 Å². The van der Waals surface area contributed by atoms with Crippen LogP contribution < -0.4 is 10.3 Å². The number of halogens is 1. The number of para-hydroxylation sites is 2. The van der Waals surface area contributed by atoms with Gasteiger partial charge in [0.25, 0.3) is 5.56 Å². The van der Waals surface area contributed by atoms with E-state index in [1.54, 1.807) is 16.7 Å². The SMILES string of the molecule is O=C1CC(c2cccc(Cl)c2)c2c(c3ccccc3n(-c3ccccc3)c2=O)O1. The Kier molecular flexibility index (Phi) is 4.22. The summed E-state index contributed by atoms with van der Waals surface area (Å²) < 4.78 is 7.30. The number of esters is 1. The topological polar surface area (TPSA) is 48.3 Å². The number of hydrogen-bond acceptors (Lipinski definition) is 3. The van der Waals surface area contributed by atoms with E-state index in [0.29, 0.717) is 21.9 Å². The van der Waals surface area contributed by atoms with Gasteiger partial charge >= 0.3 is 5.97 Å². The van der Waals surface area contributed by atoms with Crippen LogP contribution in [0.5, 0.6) is 5.75 Å². The van der Waals surface area contributed by atoms with Gasteiger partial charge in [0.15, 0.2) is 0 Å². The normalized spacial score (nSPS) is 15.8. The van der Waals surface area contributed by atoms with Gasteiger partial charge in [-0.2, -0.15) is 0 Å². The van der Waals surface area contributed by atoms with Crippen molar-refractivity contribution in [1.29, 1.82) is 0 Å². The summed E-state index contributed by atoms with van der Waals surface area (Å²) >= 11 is 6.19. The van der Waals surface area contributed by atoms with Gasteiger partial charge in [-0.3, -0.25) is 14.2 Å². The standard InChI is InChI=1S/C24H16ClNO3/c25-16-8-6-7-15(13-16)19-14-21(27)29-23-18-11-4-5-12-20(18)26(24(28)22(19)23)17-9-2-1-3-10-17/h1-13,19H,14H2. The molecule has 29 heavy (non-hydrogen) atoms. The van der Waals surface area contributed by atoms with Crippen molar-refractivity contribution in [2.45, 2.75) is 12.3 Å². The maximum atomic E-state index is 13.7. The van der Waals surface area contributed by atoms with Crippen molar-refractivity contribution in [3.63, 3.8) is 0 Å². The molecule has 1 aliphatic rings. The molecule has 1 aliphatic heterocycles. The first-order valence-corrected chi connectivity index (χ1v) is 9.70. The van der Waals surface area contributed by atoms with Gasteiger partial charge in [0.1, 0.15) is 5.75 Å². The van der Waals surface area contributed by atoms with E-state index in [1.165, 1.54) is 0 Å². The molecule has 0 spiro atoms. The minimum Gasteiger partial charge on any atom is -0.425 e. The third-order valence-corrected chi connectivity index (χ3v) is 5.50. The molecular weight excluding hydrogens is 386 g/mol. The smallest absolute Gasteiger partial charge is 0.312 e. The van der Waals surface area contributed by atoms with E-state index >= 15 is 0 Å². The summed E-state index contributed by atoms with van der Waals surface area (Å²) in [6.45, 7) is 0. The van der Waals surface area contributed by atoms with E-state index < -0.39 is 5.92 Å². The molecule has 3 aromatic carbocycles. The van der Waals surface area contributed by atoms with Crippen LogP contribution in [0.2, 0.25) is 5.02 Å². The van der Waals surface area contributed by atoms with Crippen LogP contribution in [0.15, 0.2) is 83.7 Å². The largest absolute Gasteiger partial charge is 0.425 e. The Balaban J connectivity index is 1.89. The summed E-state index contributed by atoms with van der Waals surface area (Å²) in [5, 5.41) is 1.29. The molecule has 5 heteroatoms. The van der Waals surface area contributed by atoms with Crippen LogP contribution in [0, 0.1) is 0 Å². The first-order valence-electron chi connectivity index (χ1n) is 9.32. The number of pyridine rings is 1. The number of hydrogen-bond donors (Lipinski definition) is 0. The fourth-order valence-electron chi connectivity index (χ4n) is 4.02. The lowest BCUT2D eigenvalue weighted by Crippen LogP contribution is -2.32. The van der Waals surface area contributed by atoms with Crippen molar-refractivity contribution >= 4 is 28.5 Å². The molecular formula is C24H16ClNO3. The summed E-state index contributed by atoms with van der Waals surface area (Å²) in [5.41, 5.74) is 2.57. The third kappa shape index (κ3) is 2.93. The summed E-state index contributed by atoms with van der Waals surface area (Å²) in [6, 6.07) is 24.3. The van der Waals surface area contributed by atoms with Crippen LogP contribution in [0.4, 0.5) is 0 Å². The van der Waals surface area contributed by atoms with Crippen LogP contribution >= 0.6 is 11.6 Å². The van der Waals surface area contributed by atoms with Crippen molar-refractivity contribution in [1.82, 2.24) is 4.57 Å². The number of aromatic nitrogens is 1. The fraction of sp³-hybridized carbons (Fsp3) is 0.0833. The molecule has 0 saturated carbocycles. The van der Waals surface area contributed by atoms with Crippen LogP contribution in [0.3, 0.4) is 0 Å². The van der Waals surface area contributed by atoms with Gasteiger partial charge < -0.3 is 4.74 Å². The van der Waals surface area contributed by atoms with E-state index in [9.17, 15) is 9.59 Å². The number of benzene rings is 3. The number of nitrogens with zero attached hydrogens (tertiary/aromatic N) is 1. The number of fused-ring (bicyclic) bond motifs is 3. The lowest BCUT2D eigenvalue weighted by atomic mass is 9.86. The van der Waals surface area contributed by atoms with E-state index in [1.807, 2.05) is 66.7 Å². The summed E-state index contributed by atoms with van der Waals surface area (Å²) in [6.07, 6.45) is 0.0930. The number of ether oxygens (including phenoxy) is 1. The van der Waals surface area contributed by atoms with Crippen LogP contribution in [0.1, 0.15) is 23.5 Å². The van der Waals surface area contributed by atoms with E-state index in [4.69, 9.17) is 16.3 Å². The van der Waals surface area contributed by atoms with Crippen LogP contribution in [0.25, 0.3) is 16.6 Å². The zero-order valence-electron chi connectivity index (χ0n) is 15.3. The summed E-state index contributed by atoms with van der Waals surface area (Å²) in [5.74, 6) is -0.430.